The van der Waals surface area contributed by atoms with Gasteiger partial charge in [0.1, 0.15) is 0 Å². The summed E-state index contributed by atoms with van der Waals surface area (Å²) in [6, 6.07) is 1.56. The second-order valence-electron chi connectivity index (χ2n) is 7.07. The Bertz CT molecular complexity index is 239. The average molecular weight is 252 g/mol. The Labute approximate surface area is 114 Å². The lowest BCUT2D eigenvalue weighted by atomic mass is 9.81. The first-order chi connectivity index (χ1) is 8.62. The van der Waals surface area contributed by atoms with Gasteiger partial charge in [-0.2, -0.15) is 0 Å². The molecule has 0 amide bonds. The first kappa shape index (κ1) is 14.3. The van der Waals surface area contributed by atoms with Crippen molar-refractivity contribution in [3.63, 3.8) is 0 Å². The number of rotatable bonds is 3. The second kappa shape index (κ2) is 6.38. The Morgan fingerprint density at radius 1 is 1.06 bits per heavy atom. The van der Waals surface area contributed by atoms with Crippen LogP contribution in [0.5, 0.6) is 0 Å². The first-order valence-electron chi connectivity index (χ1n) is 8.10. The predicted molar refractivity (Wildman–Crippen MR) is 78.9 cm³/mol. The molecule has 2 fully saturated rings. The van der Waals surface area contributed by atoms with Crippen molar-refractivity contribution in [3.8, 4) is 0 Å². The summed E-state index contributed by atoms with van der Waals surface area (Å²) in [5.74, 6) is 0. The van der Waals surface area contributed by atoms with E-state index in [-0.39, 0.29) is 0 Å². The molecule has 0 radical (unpaired) electrons. The molecule has 2 heteroatoms. The number of nitrogens with one attached hydrogen (secondary N) is 1. The van der Waals surface area contributed by atoms with E-state index < -0.39 is 0 Å². The minimum Gasteiger partial charge on any atom is -0.313 e. The molecule has 0 aromatic rings. The molecular weight excluding hydrogens is 220 g/mol. The maximum absolute atomic E-state index is 3.75. The van der Waals surface area contributed by atoms with Gasteiger partial charge in [-0.25, -0.2) is 0 Å². The predicted octanol–water partition coefficient (Wildman–Crippen LogP) is 3.42. The van der Waals surface area contributed by atoms with Gasteiger partial charge in [-0.3, -0.25) is 4.90 Å². The van der Waals surface area contributed by atoms with E-state index in [1.165, 1.54) is 58.0 Å². The van der Waals surface area contributed by atoms with Crippen LogP contribution in [0.2, 0.25) is 0 Å². The number of likely N-dealkylation sites (tertiary alicyclic amines) is 1. The highest BCUT2D eigenvalue weighted by Crippen LogP contribution is 2.33. The van der Waals surface area contributed by atoms with Crippen LogP contribution in [-0.4, -0.2) is 36.6 Å². The Balaban J connectivity index is 1.95. The molecule has 18 heavy (non-hydrogen) atoms. The van der Waals surface area contributed by atoms with Gasteiger partial charge in [0.05, 0.1) is 0 Å². The lowest BCUT2D eigenvalue weighted by molar-refractivity contribution is 0.0722. The van der Waals surface area contributed by atoms with Gasteiger partial charge in [0.15, 0.2) is 0 Å². The Morgan fingerprint density at radius 2 is 1.72 bits per heavy atom. The fourth-order valence-electron chi connectivity index (χ4n) is 3.69. The van der Waals surface area contributed by atoms with Gasteiger partial charge in [-0.15, -0.1) is 0 Å². The number of nitrogens with zero attached hydrogens (tertiary/aromatic N) is 1. The SMILES string of the molecule is CCNC1CCCCCC1N1CCC(C)(C)CC1. The molecule has 1 saturated heterocycles. The molecule has 2 aliphatic rings. The number of hydrogen-bond acceptors (Lipinski definition) is 2. The fourth-order valence-corrected chi connectivity index (χ4v) is 3.69. The number of piperidine rings is 1. The molecule has 106 valence electrons. The van der Waals surface area contributed by atoms with Crippen molar-refractivity contribution in [2.24, 2.45) is 5.41 Å². The third kappa shape index (κ3) is 3.71. The van der Waals surface area contributed by atoms with Gasteiger partial charge in [0, 0.05) is 12.1 Å². The highest BCUT2D eigenvalue weighted by molar-refractivity contribution is 4.90. The van der Waals surface area contributed by atoms with Gasteiger partial charge >= 0.3 is 0 Å². The summed E-state index contributed by atoms with van der Waals surface area (Å²) in [5.41, 5.74) is 0.578. The first-order valence-corrected chi connectivity index (χ1v) is 8.10. The maximum atomic E-state index is 3.75. The van der Waals surface area contributed by atoms with E-state index in [1.807, 2.05) is 0 Å². The summed E-state index contributed by atoms with van der Waals surface area (Å²) in [7, 11) is 0. The molecule has 1 heterocycles. The summed E-state index contributed by atoms with van der Waals surface area (Å²) in [6.07, 6.45) is 9.86. The van der Waals surface area contributed by atoms with Gasteiger partial charge in [-0.1, -0.05) is 40.0 Å². The summed E-state index contributed by atoms with van der Waals surface area (Å²) < 4.78 is 0. The molecule has 1 aliphatic carbocycles. The lowest BCUT2D eigenvalue weighted by Gasteiger charge is -2.43. The molecule has 2 rings (SSSR count). The minimum absolute atomic E-state index is 0.578. The van der Waals surface area contributed by atoms with Crippen LogP contribution in [0, 0.1) is 5.41 Å². The van der Waals surface area contributed by atoms with E-state index in [1.54, 1.807) is 0 Å². The van der Waals surface area contributed by atoms with Crippen LogP contribution < -0.4 is 5.32 Å². The highest BCUT2D eigenvalue weighted by Gasteiger charge is 2.33. The molecular formula is C16H32N2. The Kier molecular flexibility index (Phi) is 5.08. The van der Waals surface area contributed by atoms with Crippen molar-refractivity contribution < 1.29 is 0 Å². The lowest BCUT2D eigenvalue weighted by Crippen LogP contribution is -2.52. The Morgan fingerprint density at radius 3 is 2.39 bits per heavy atom. The molecule has 0 aromatic carbocycles. The maximum Gasteiger partial charge on any atom is 0.0249 e. The molecule has 1 saturated carbocycles. The van der Waals surface area contributed by atoms with Gasteiger partial charge in [0.25, 0.3) is 0 Å². The van der Waals surface area contributed by atoms with Crippen LogP contribution in [-0.2, 0) is 0 Å². The fraction of sp³-hybridized carbons (Fsp3) is 1.00. The minimum atomic E-state index is 0.578. The molecule has 2 atom stereocenters. The summed E-state index contributed by atoms with van der Waals surface area (Å²) >= 11 is 0. The largest absolute Gasteiger partial charge is 0.313 e. The monoisotopic (exact) mass is 252 g/mol. The van der Waals surface area contributed by atoms with Crippen LogP contribution in [0.3, 0.4) is 0 Å². The van der Waals surface area contributed by atoms with E-state index in [0.29, 0.717) is 5.41 Å². The van der Waals surface area contributed by atoms with Gasteiger partial charge in [-0.05, 0) is 50.7 Å². The van der Waals surface area contributed by atoms with Crippen LogP contribution in [0.25, 0.3) is 0 Å². The second-order valence-corrected chi connectivity index (χ2v) is 7.07. The topological polar surface area (TPSA) is 15.3 Å². The number of likely N-dealkylation sites (N-methyl/N-ethyl adjacent to an activating group) is 1. The molecule has 2 unspecified atom stereocenters. The summed E-state index contributed by atoms with van der Waals surface area (Å²) in [5, 5.41) is 3.75. The molecule has 0 bridgehead atoms. The smallest absolute Gasteiger partial charge is 0.0249 e. The van der Waals surface area contributed by atoms with Crippen molar-refractivity contribution in [2.75, 3.05) is 19.6 Å². The third-order valence-electron chi connectivity index (χ3n) is 5.07. The quantitative estimate of drug-likeness (QED) is 0.774. The number of hydrogen-bond donors (Lipinski definition) is 1. The normalized spacial score (nSPS) is 34.2. The van der Waals surface area contributed by atoms with Crippen molar-refractivity contribution in [2.45, 2.75) is 77.8 Å². The molecule has 1 N–H and O–H groups in total. The van der Waals surface area contributed by atoms with Crippen molar-refractivity contribution in [1.29, 1.82) is 0 Å². The summed E-state index contributed by atoms with van der Waals surface area (Å²) in [4.78, 5) is 2.80. The zero-order chi connectivity index (χ0) is 13.0. The molecule has 2 nitrogen and oxygen atoms in total. The van der Waals surface area contributed by atoms with E-state index in [0.717, 1.165) is 18.6 Å². The average Bonchev–Trinajstić information content (AvgIpc) is 2.56. The zero-order valence-electron chi connectivity index (χ0n) is 12.7. The Hall–Kier alpha value is -0.0800. The molecule has 0 aromatic heterocycles. The van der Waals surface area contributed by atoms with E-state index in [9.17, 15) is 0 Å². The van der Waals surface area contributed by atoms with Crippen LogP contribution in [0.1, 0.15) is 65.7 Å². The van der Waals surface area contributed by atoms with Crippen LogP contribution >= 0.6 is 0 Å². The van der Waals surface area contributed by atoms with Crippen molar-refractivity contribution in [3.05, 3.63) is 0 Å². The van der Waals surface area contributed by atoms with Crippen molar-refractivity contribution >= 4 is 0 Å². The van der Waals surface area contributed by atoms with Crippen molar-refractivity contribution in [1.82, 2.24) is 10.2 Å². The van der Waals surface area contributed by atoms with E-state index in [4.69, 9.17) is 0 Å². The van der Waals surface area contributed by atoms with E-state index >= 15 is 0 Å². The van der Waals surface area contributed by atoms with E-state index in [2.05, 4.69) is 31.0 Å². The standard InChI is InChI=1S/C16H32N2/c1-4-17-14-8-6-5-7-9-15(14)18-12-10-16(2,3)11-13-18/h14-15,17H,4-13H2,1-3H3. The molecule has 1 aliphatic heterocycles. The van der Waals surface area contributed by atoms with Crippen LogP contribution in [0.4, 0.5) is 0 Å². The van der Waals surface area contributed by atoms with Crippen LogP contribution in [0.15, 0.2) is 0 Å². The zero-order valence-corrected chi connectivity index (χ0v) is 12.7. The molecule has 0 spiro atoms. The highest BCUT2D eigenvalue weighted by atomic mass is 15.2. The summed E-state index contributed by atoms with van der Waals surface area (Å²) in [6.45, 7) is 10.9. The van der Waals surface area contributed by atoms with Gasteiger partial charge < -0.3 is 5.32 Å². The van der Waals surface area contributed by atoms with Gasteiger partial charge in [0.2, 0.25) is 0 Å². The third-order valence-corrected chi connectivity index (χ3v) is 5.07.